The van der Waals surface area contributed by atoms with E-state index in [1.807, 2.05) is 6.92 Å². The highest BCUT2D eigenvalue weighted by Gasteiger charge is 2.24. The fraction of sp³-hybridized carbons (Fsp3) is 1.00. The Bertz CT molecular complexity index is 195. The number of aliphatic hydroxyl groups is 1. The highest BCUT2D eigenvalue weighted by Crippen LogP contribution is 2.15. The largest absolute Gasteiger partial charge is 0.389 e. The van der Waals surface area contributed by atoms with Crippen molar-refractivity contribution in [2.24, 2.45) is 5.73 Å². The van der Waals surface area contributed by atoms with Crippen LogP contribution in [0.3, 0.4) is 0 Å². The molecule has 0 fully saturated rings. The molecule has 0 spiro atoms. The molecule has 17 heavy (non-hydrogen) atoms. The molecule has 0 saturated carbocycles. The third kappa shape index (κ3) is 7.71. The van der Waals surface area contributed by atoms with Crippen molar-refractivity contribution in [2.45, 2.75) is 45.3 Å². The van der Waals surface area contributed by atoms with Crippen LogP contribution in [0.1, 0.15) is 33.6 Å². The Morgan fingerprint density at radius 1 is 1.24 bits per heavy atom. The Morgan fingerprint density at radius 2 is 1.82 bits per heavy atom. The molecule has 3 N–H and O–H groups in total. The van der Waals surface area contributed by atoms with E-state index in [-0.39, 0.29) is 0 Å². The van der Waals surface area contributed by atoms with Crippen molar-refractivity contribution < 1.29 is 5.11 Å². The smallest absolute Gasteiger partial charge is 0.0756 e. The summed E-state index contributed by atoms with van der Waals surface area (Å²) in [4.78, 5) is 4.63. The van der Waals surface area contributed by atoms with E-state index in [1.165, 1.54) is 0 Å². The van der Waals surface area contributed by atoms with Crippen molar-refractivity contribution in [1.29, 1.82) is 0 Å². The second kappa shape index (κ2) is 8.03. The van der Waals surface area contributed by atoms with Crippen LogP contribution in [0.2, 0.25) is 0 Å². The molecule has 0 aliphatic carbocycles. The highest BCUT2D eigenvalue weighted by atomic mass is 16.3. The van der Waals surface area contributed by atoms with Gasteiger partial charge in [0, 0.05) is 25.7 Å². The van der Waals surface area contributed by atoms with E-state index >= 15 is 0 Å². The van der Waals surface area contributed by atoms with Crippen LogP contribution < -0.4 is 5.73 Å². The van der Waals surface area contributed by atoms with Crippen molar-refractivity contribution in [2.75, 3.05) is 40.3 Å². The third-order valence-corrected chi connectivity index (χ3v) is 3.14. The fourth-order valence-electron chi connectivity index (χ4n) is 2.02. The normalized spacial score (nSPS) is 17.5. The van der Waals surface area contributed by atoms with Gasteiger partial charge in [-0.1, -0.05) is 6.92 Å². The van der Waals surface area contributed by atoms with E-state index < -0.39 is 5.60 Å². The summed E-state index contributed by atoms with van der Waals surface area (Å²) < 4.78 is 0. The molecule has 0 amide bonds. The summed E-state index contributed by atoms with van der Waals surface area (Å²) in [5.41, 5.74) is 4.83. The Labute approximate surface area is 107 Å². The van der Waals surface area contributed by atoms with Crippen LogP contribution in [0, 0.1) is 0 Å². The average molecular weight is 245 g/mol. The first kappa shape index (κ1) is 16.8. The number of nitrogens with zero attached hydrogens (tertiary/aromatic N) is 2. The Hall–Kier alpha value is -0.160. The first-order valence-electron chi connectivity index (χ1n) is 6.63. The van der Waals surface area contributed by atoms with Crippen molar-refractivity contribution in [3.8, 4) is 0 Å². The molecule has 0 aliphatic heterocycles. The molecule has 0 aromatic heterocycles. The molecule has 104 valence electrons. The van der Waals surface area contributed by atoms with Gasteiger partial charge >= 0.3 is 0 Å². The van der Waals surface area contributed by atoms with E-state index in [4.69, 9.17) is 5.73 Å². The maximum Gasteiger partial charge on any atom is 0.0756 e. The lowest BCUT2D eigenvalue weighted by molar-refractivity contribution is 0.0275. The van der Waals surface area contributed by atoms with E-state index in [2.05, 4.69) is 37.7 Å². The standard InChI is InChI=1S/C13H31N3O/c1-6-7-16(9-8-15(4)5)12(2)10-13(3,17)11-14/h12,17H,6-11,14H2,1-5H3. The van der Waals surface area contributed by atoms with Gasteiger partial charge in [0.05, 0.1) is 5.60 Å². The summed E-state index contributed by atoms with van der Waals surface area (Å²) in [5.74, 6) is 0. The van der Waals surface area contributed by atoms with Gasteiger partial charge in [-0.05, 0) is 47.3 Å². The Morgan fingerprint density at radius 3 is 2.24 bits per heavy atom. The lowest BCUT2D eigenvalue weighted by Gasteiger charge is -2.34. The molecule has 0 aliphatic rings. The second-order valence-electron chi connectivity index (χ2n) is 5.59. The topological polar surface area (TPSA) is 52.7 Å². The molecule has 2 atom stereocenters. The van der Waals surface area contributed by atoms with Gasteiger partial charge in [-0.15, -0.1) is 0 Å². The maximum atomic E-state index is 10.0. The van der Waals surface area contributed by atoms with Gasteiger partial charge in [0.2, 0.25) is 0 Å². The van der Waals surface area contributed by atoms with Crippen LogP contribution in [0.5, 0.6) is 0 Å². The van der Waals surface area contributed by atoms with E-state index in [0.29, 0.717) is 12.6 Å². The summed E-state index contributed by atoms with van der Waals surface area (Å²) >= 11 is 0. The monoisotopic (exact) mass is 245 g/mol. The van der Waals surface area contributed by atoms with Gasteiger partial charge < -0.3 is 15.7 Å². The first-order chi connectivity index (χ1) is 7.82. The molecule has 0 saturated heterocycles. The van der Waals surface area contributed by atoms with E-state index in [1.54, 1.807) is 0 Å². The van der Waals surface area contributed by atoms with Gasteiger partial charge in [0.25, 0.3) is 0 Å². The average Bonchev–Trinajstić information content (AvgIpc) is 2.23. The van der Waals surface area contributed by atoms with Crippen molar-refractivity contribution in [3.63, 3.8) is 0 Å². The Kier molecular flexibility index (Phi) is 7.96. The predicted octanol–water partition coefficient (Wildman–Crippen LogP) is 0.748. The summed E-state index contributed by atoms with van der Waals surface area (Å²) in [5, 5.41) is 10.0. The predicted molar refractivity (Wildman–Crippen MR) is 74.2 cm³/mol. The molecule has 0 aromatic carbocycles. The molecule has 0 heterocycles. The number of likely N-dealkylation sites (N-methyl/N-ethyl adjacent to an activating group) is 1. The number of rotatable bonds is 9. The van der Waals surface area contributed by atoms with Gasteiger partial charge in [0.15, 0.2) is 0 Å². The molecule has 0 bridgehead atoms. The minimum Gasteiger partial charge on any atom is -0.389 e. The molecule has 0 radical (unpaired) electrons. The minimum absolute atomic E-state index is 0.324. The number of hydrogen-bond acceptors (Lipinski definition) is 4. The Balaban J connectivity index is 4.27. The molecule has 2 unspecified atom stereocenters. The maximum absolute atomic E-state index is 10.0. The zero-order valence-electron chi connectivity index (χ0n) is 12.2. The van der Waals surface area contributed by atoms with Crippen molar-refractivity contribution in [3.05, 3.63) is 0 Å². The molecule has 0 rings (SSSR count). The molecular formula is C13H31N3O. The quantitative estimate of drug-likeness (QED) is 0.629. The van der Waals surface area contributed by atoms with Gasteiger partial charge in [-0.3, -0.25) is 4.90 Å². The summed E-state index contributed by atoms with van der Waals surface area (Å²) in [6, 6.07) is 0.369. The summed E-state index contributed by atoms with van der Waals surface area (Å²) in [6.07, 6.45) is 1.87. The molecule has 4 heteroatoms. The zero-order chi connectivity index (χ0) is 13.5. The van der Waals surface area contributed by atoms with Crippen molar-refractivity contribution >= 4 is 0 Å². The zero-order valence-corrected chi connectivity index (χ0v) is 12.2. The lowest BCUT2D eigenvalue weighted by Crippen LogP contribution is -2.45. The van der Waals surface area contributed by atoms with Crippen molar-refractivity contribution in [1.82, 2.24) is 9.80 Å². The third-order valence-electron chi connectivity index (χ3n) is 3.14. The number of hydrogen-bond donors (Lipinski definition) is 2. The SMILES string of the molecule is CCCN(CCN(C)C)C(C)CC(C)(O)CN. The van der Waals surface area contributed by atoms with Crippen LogP contribution >= 0.6 is 0 Å². The van der Waals surface area contributed by atoms with Crippen LogP contribution in [0.4, 0.5) is 0 Å². The van der Waals surface area contributed by atoms with Gasteiger partial charge in [0.1, 0.15) is 0 Å². The van der Waals surface area contributed by atoms with E-state index in [9.17, 15) is 5.11 Å². The highest BCUT2D eigenvalue weighted by molar-refractivity contribution is 4.81. The van der Waals surface area contributed by atoms with Gasteiger partial charge in [-0.25, -0.2) is 0 Å². The molecule has 4 nitrogen and oxygen atoms in total. The minimum atomic E-state index is -0.747. The summed E-state index contributed by atoms with van der Waals surface area (Å²) in [7, 11) is 4.18. The molecule has 0 aromatic rings. The van der Waals surface area contributed by atoms with Crippen LogP contribution in [0.15, 0.2) is 0 Å². The number of nitrogens with two attached hydrogens (primary N) is 1. The van der Waals surface area contributed by atoms with E-state index in [0.717, 1.165) is 32.5 Å². The van der Waals surface area contributed by atoms with Crippen LogP contribution in [0.25, 0.3) is 0 Å². The van der Waals surface area contributed by atoms with Crippen LogP contribution in [-0.2, 0) is 0 Å². The lowest BCUT2D eigenvalue weighted by atomic mass is 9.97. The first-order valence-corrected chi connectivity index (χ1v) is 6.63. The molecular weight excluding hydrogens is 214 g/mol. The van der Waals surface area contributed by atoms with Crippen LogP contribution in [-0.4, -0.2) is 66.8 Å². The fourth-order valence-corrected chi connectivity index (χ4v) is 2.02. The second-order valence-corrected chi connectivity index (χ2v) is 5.59. The summed E-state index contributed by atoms with van der Waals surface area (Å²) in [6.45, 7) is 9.68. The van der Waals surface area contributed by atoms with Gasteiger partial charge in [-0.2, -0.15) is 0 Å².